The highest BCUT2D eigenvalue weighted by molar-refractivity contribution is 7.99. The first-order valence-corrected chi connectivity index (χ1v) is 10.8. The van der Waals surface area contributed by atoms with Crippen molar-refractivity contribution < 1.29 is 18.0 Å². The molecule has 0 unspecified atom stereocenters. The number of para-hydroxylation sites is 2. The second-order valence-corrected chi connectivity index (χ2v) is 8.29. The van der Waals surface area contributed by atoms with Crippen LogP contribution in [0.5, 0.6) is 0 Å². The molecule has 0 aliphatic heterocycles. The summed E-state index contributed by atoms with van der Waals surface area (Å²) >= 11 is 7.07. The zero-order valence-corrected chi connectivity index (χ0v) is 18.2. The monoisotopic (exact) mass is 476 g/mol. The third-order valence-corrected chi connectivity index (χ3v) is 5.81. The predicted octanol–water partition coefficient (Wildman–Crippen LogP) is 6.13. The van der Waals surface area contributed by atoms with Gasteiger partial charge in [-0.2, -0.15) is 13.2 Å². The topological polar surface area (TPSA) is 59.8 Å². The van der Waals surface area contributed by atoms with E-state index >= 15 is 0 Å². The van der Waals surface area contributed by atoms with Crippen molar-refractivity contribution in [3.05, 3.63) is 76.9 Å². The lowest BCUT2D eigenvalue weighted by Gasteiger charge is -2.11. The first-order valence-electron chi connectivity index (χ1n) is 9.42. The average Bonchev–Trinajstić information content (AvgIpc) is 3.12. The van der Waals surface area contributed by atoms with Crippen molar-refractivity contribution in [3.8, 4) is 5.69 Å². The molecule has 0 radical (unpaired) electrons. The van der Waals surface area contributed by atoms with Crippen molar-refractivity contribution in [2.75, 3.05) is 11.1 Å². The quantitative estimate of drug-likeness (QED) is 0.352. The van der Waals surface area contributed by atoms with Gasteiger partial charge in [0.2, 0.25) is 5.91 Å². The van der Waals surface area contributed by atoms with Gasteiger partial charge in [-0.3, -0.25) is 9.36 Å². The molecular formula is C22H16ClF3N4OS. The van der Waals surface area contributed by atoms with E-state index in [4.69, 9.17) is 11.6 Å². The summed E-state index contributed by atoms with van der Waals surface area (Å²) in [5.41, 5.74) is 2.71. The Hall–Kier alpha value is -3.04. The Bertz CT molecular complexity index is 1290. The number of nitrogens with zero attached hydrogens (tertiary/aromatic N) is 3. The molecule has 0 aliphatic rings. The number of carbonyl (C=O) groups excluding carboxylic acids is 1. The van der Waals surface area contributed by atoms with Gasteiger partial charge in [0.05, 0.1) is 27.4 Å². The van der Waals surface area contributed by atoms with Crippen LogP contribution in [0, 0.1) is 6.92 Å². The largest absolute Gasteiger partial charge is 0.417 e. The second-order valence-electron chi connectivity index (χ2n) is 6.94. The molecule has 0 atom stereocenters. The minimum atomic E-state index is -4.57. The highest BCUT2D eigenvalue weighted by Crippen LogP contribution is 2.33. The highest BCUT2D eigenvalue weighted by atomic mass is 35.5. The average molecular weight is 477 g/mol. The fourth-order valence-corrected chi connectivity index (χ4v) is 4.07. The maximum Gasteiger partial charge on any atom is 0.417 e. The minimum Gasteiger partial charge on any atom is -0.309 e. The van der Waals surface area contributed by atoms with Crippen LogP contribution in [0.2, 0.25) is 5.02 Å². The Morgan fingerprint density at radius 1 is 1.16 bits per heavy atom. The molecule has 32 heavy (non-hydrogen) atoms. The van der Waals surface area contributed by atoms with Crippen LogP contribution in [-0.4, -0.2) is 26.2 Å². The predicted molar refractivity (Wildman–Crippen MR) is 119 cm³/mol. The number of aryl methyl sites for hydroxylation is 1. The van der Waals surface area contributed by atoms with Gasteiger partial charge in [-0.1, -0.05) is 53.2 Å². The number of anilines is 1. The van der Waals surface area contributed by atoms with Crippen molar-refractivity contribution in [2.24, 2.45) is 0 Å². The summed E-state index contributed by atoms with van der Waals surface area (Å²) in [6.07, 6.45) is -3.93. The van der Waals surface area contributed by atoms with Gasteiger partial charge in [0.1, 0.15) is 0 Å². The number of hydrogen-bond donors (Lipinski definition) is 1. The van der Waals surface area contributed by atoms with Gasteiger partial charge in [-0.25, -0.2) is 9.97 Å². The summed E-state index contributed by atoms with van der Waals surface area (Å²) in [7, 11) is 0. The van der Waals surface area contributed by atoms with Gasteiger partial charge < -0.3 is 5.32 Å². The molecule has 4 rings (SSSR count). The van der Waals surface area contributed by atoms with Gasteiger partial charge in [0.15, 0.2) is 11.0 Å². The Kier molecular flexibility index (Phi) is 6.12. The molecular weight excluding hydrogens is 461 g/mol. The van der Waals surface area contributed by atoms with E-state index in [-0.39, 0.29) is 16.6 Å². The first kappa shape index (κ1) is 22.2. The SMILES string of the molecule is Cc1ccc(-n2c(SCC(=O)Nc3ncc(C(F)(F)F)cc3Cl)nc3ccccc32)cc1. The van der Waals surface area contributed by atoms with Crippen molar-refractivity contribution in [2.45, 2.75) is 18.3 Å². The summed E-state index contributed by atoms with van der Waals surface area (Å²) in [4.78, 5) is 20.7. The second kappa shape index (κ2) is 8.84. The van der Waals surface area contributed by atoms with Crippen molar-refractivity contribution in [3.63, 3.8) is 0 Å². The number of nitrogens with one attached hydrogen (secondary N) is 1. The van der Waals surface area contributed by atoms with Gasteiger partial charge >= 0.3 is 6.18 Å². The van der Waals surface area contributed by atoms with Crippen molar-refractivity contribution in [1.29, 1.82) is 0 Å². The van der Waals surface area contributed by atoms with Crippen LogP contribution in [0.4, 0.5) is 19.0 Å². The third kappa shape index (κ3) is 4.73. The number of rotatable bonds is 5. The van der Waals surface area contributed by atoms with Crippen molar-refractivity contribution in [1.82, 2.24) is 14.5 Å². The molecule has 5 nitrogen and oxygen atoms in total. The molecule has 1 N–H and O–H groups in total. The van der Waals surface area contributed by atoms with E-state index in [9.17, 15) is 18.0 Å². The number of fused-ring (bicyclic) bond motifs is 1. The van der Waals surface area contributed by atoms with Crippen LogP contribution in [0.3, 0.4) is 0 Å². The third-order valence-electron chi connectivity index (χ3n) is 4.58. The zero-order chi connectivity index (χ0) is 22.9. The molecule has 0 bridgehead atoms. The van der Waals surface area contributed by atoms with Crippen LogP contribution >= 0.6 is 23.4 Å². The smallest absolute Gasteiger partial charge is 0.309 e. The maximum absolute atomic E-state index is 12.8. The maximum atomic E-state index is 12.8. The fraction of sp³-hybridized carbons (Fsp3) is 0.136. The molecule has 2 heterocycles. The summed E-state index contributed by atoms with van der Waals surface area (Å²) in [6.45, 7) is 2.00. The number of alkyl halides is 3. The molecule has 2 aromatic heterocycles. The van der Waals surface area contributed by atoms with Gasteiger partial charge in [0, 0.05) is 11.9 Å². The molecule has 0 saturated heterocycles. The Balaban J connectivity index is 1.54. The van der Waals surface area contributed by atoms with Gasteiger partial charge in [0.25, 0.3) is 0 Å². The number of halogens is 4. The normalized spacial score (nSPS) is 11.7. The summed E-state index contributed by atoms with van der Waals surface area (Å²) in [5.74, 6) is -0.627. The number of amides is 1. The lowest BCUT2D eigenvalue weighted by molar-refractivity contribution is -0.137. The molecule has 0 fully saturated rings. The number of thioether (sulfide) groups is 1. The number of aromatic nitrogens is 3. The standard InChI is InChI=1S/C22H16ClF3N4OS/c1-13-6-8-15(9-7-13)30-18-5-3-2-4-17(18)28-21(30)32-12-19(31)29-20-16(23)10-14(11-27-20)22(24,25)26/h2-11H,12H2,1H3,(H,27,29,31). The van der Waals surface area contributed by atoms with E-state index in [0.717, 1.165) is 28.4 Å². The van der Waals surface area contributed by atoms with Crippen LogP contribution in [0.1, 0.15) is 11.1 Å². The molecule has 0 saturated carbocycles. The van der Waals surface area contributed by atoms with Crippen LogP contribution in [-0.2, 0) is 11.0 Å². The Labute approximate surface area is 190 Å². The van der Waals surface area contributed by atoms with E-state index in [0.29, 0.717) is 11.4 Å². The molecule has 4 aromatic rings. The number of hydrogen-bond acceptors (Lipinski definition) is 4. The summed E-state index contributed by atoms with van der Waals surface area (Å²) in [5, 5.41) is 2.77. The minimum absolute atomic E-state index is 0.0335. The zero-order valence-electron chi connectivity index (χ0n) is 16.7. The molecule has 0 aliphatic carbocycles. The van der Waals surface area contributed by atoms with Crippen LogP contribution < -0.4 is 5.32 Å². The van der Waals surface area contributed by atoms with E-state index < -0.39 is 17.6 Å². The van der Waals surface area contributed by atoms with E-state index in [1.165, 1.54) is 11.8 Å². The fourth-order valence-electron chi connectivity index (χ4n) is 3.03. The summed E-state index contributed by atoms with van der Waals surface area (Å²) in [6, 6.07) is 16.3. The molecule has 10 heteroatoms. The number of benzene rings is 2. The molecule has 1 amide bonds. The molecule has 0 spiro atoms. The molecule has 164 valence electrons. The van der Waals surface area contributed by atoms with E-state index in [1.54, 1.807) is 0 Å². The van der Waals surface area contributed by atoms with Gasteiger partial charge in [-0.15, -0.1) is 0 Å². The number of imidazole rings is 1. The van der Waals surface area contributed by atoms with E-state index in [2.05, 4.69) is 15.3 Å². The first-order chi connectivity index (χ1) is 15.2. The van der Waals surface area contributed by atoms with E-state index in [1.807, 2.05) is 60.0 Å². The summed E-state index contributed by atoms with van der Waals surface area (Å²) < 4.78 is 40.2. The lowest BCUT2D eigenvalue weighted by atomic mass is 10.2. The Morgan fingerprint density at radius 2 is 1.88 bits per heavy atom. The highest BCUT2D eigenvalue weighted by Gasteiger charge is 2.31. The van der Waals surface area contributed by atoms with Gasteiger partial charge in [-0.05, 0) is 37.3 Å². The van der Waals surface area contributed by atoms with Crippen LogP contribution in [0.25, 0.3) is 16.7 Å². The van der Waals surface area contributed by atoms with Crippen molar-refractivity contribution >= 4 is 46.1 Å². The number of pyridine rings is 1. The number of carbonyl (C=O) groups is 1. The lowest BCUT2D eigenvalue weighted by Crippen LogP contribution is -2.16. The van der Waals surface area contributed by atoms with Crippen LogP contribution in [0.15, 0.2) is 66.0 Å². The Morgan fingerprint density at radius 3 is 2.56 bits per heavy atom. The molecule has 2 aromatic carbocycles.